The Balaban J connectivity index is 1.72. The molecule has 0 N–H and O–H groups in total. The van der Waals surface area contributed by atoms with E-state index in [9.17, 15) is 13.2 Å². The monoisotopic (exact) mass is 415 g/mol. The Morgan fingerprint density at radius 3 is 2.64 bits per heavy atom. The number of halogens is 1. The van der Waals surface area contributed by atoms with Gasteiger partial charge in [0.05, 0.1) is 35.2 Å². The summed E-state index contributed by atoms with van der Waals surface area (Å²) in [6.07, 6.45) is 0. The lowest BCUT2D eigenvalue weighted by atomic mass is 10.1. The van der Waals surface area contributed by atoms with E-state index >= 15 is 0 Å². The normalized spacial score (nSPS) is 23.0. The minimum Gasteiger partial charge on any atom is -0.314 e. The number of carbonyl (C=O) groups excluding carboxylic acids is 1. The van der Waals surface area contributed by atoms with Crippen molar-refractivity contribution in [2.45, 2.75) is 25.6 Å². The van der Waals surface area contributed by atoms with Gasteiger partial charge in [0, 0.05) is 17.3 Å². The maximum absolute atomic E-state index is 13.2. The summed E-state index contributed by atoms with van der Waals surface area (Å²) in [4.78, 5) is 16.4. The number of fused-ring (bicyclic) bond motifs is 1. The molecule has 144 valence electrons. The van der Waals surface area contributed by atoms with Crippen LogP contribution in [0.4, 0.5) is 10.5 Å². The van der Waals surface area contributed by atoms with Crippen LogP contribution >= 0.6 is 11.6 Å². The highest BCUT2D eigenvalue weighted by atomic mass is 35.5. The first-order chi connectivity index (χ1) is 13.3. The van der Waals surface area contributed by atoms with Gasteiger partial charge in [0.15, 0.2) is 9.84 Å². The number of amides is 2. The van der Waals surface area contributed by atoms with Crippen LogP contribution in [0.5, 0.6) is 0 Å². The predicted molar refractivity (Wildman–Crippen MR) is 107 cm³/mol. The molecule has 0 aromatic heterocycles. The topological polar surface area (TPSA) is 81.5 Å². The highest BCUT2D eigenvalue weighted by Gasteiger charge is 2.53. The lowest BCUT2D eigenvalue weighted by molar-refractivity contribution is 0.206. The van der Waals surface area contributed by atoms with Gasteiger partial charge in [-0.1, -0.05) is 29.8 Å². The quantitative estimate of drug-likeness (QED) is 0.721. The summed E-state index contributed by atoms with van der Waals surface area (Å²) in [6, 6.07) is 13.3. The standard InChI is InChI=1S/C20H18ClN3O3S/c1-13-5-6-16(8-17(13)21)24-19-12-28(26,27)11-18(19)23(20(24)25)10-15-4-2-3-14(7-15)9-22/h2-8,18-19H,10-12H2,1H3/t18-,19+/m0/s1. The molecule has 4 rings (SSSR count). The molecule has 2 aliphatic heterocycles. The van der Waals surface area contributed by atoms with Gasteiger partial charge in [0.1, 0.15) is 0 Å². The molecule has 2 aromatic rings. The van der Waals surface area contributed by atoms with Crippen LogP contribution in [0.1, 0.15) is 16.7 Å². The molecular formula is C20H18ClN3O3S. The average Bonchev–Trinajstić information content (AvgIpc) is 3.08. The first-order valence-electron chi connectivity index (χ1n) is 8.84. The Bertz CT molecular complexity index is 1110. The molecule has 0 unspecified atom stereocenters. The van der Waals surface area contributed by atoms with E-state index in [1.165, 1.54) is 0 Å². The summed E-state index contributed by atoms with van der Waals surface area (Å²) in [5, 5.41) is 9.63. The Hall–Kier alpha value is -2.56. The van der Waals surface area contributed by atoms with Crippen molar-refractivity contribution >= 4 is 33.2 Å². The van der Waals surface area contributed by atoms with E-state index in [0.717, 1.165) is 11.1 Å². The lowest BCUT2D eigenvalue weighted by Crippen LogP contribution is -2.37. The van der Waals surface area contributed by atoms with Crippen molar-refractivity contribution in [3.8, 4) is 6.07 Å². The van der Waals surface area contributed by atoms with Gasteiger partial charge in [-0.15, -0.1) is 0 Å². The summed E-state index contributed by atoms with van der Waals surface area (Å²) in [7, 11) is -3.25. The minimum atomic E-state index is -3.25. The third-order valence-corrected chi connectivity index (χ3v) is 7.43. The summed E-state index contributed by atoms with van der Waals surface area (Å²) in [6.45, 7) is 2.12. The molecule has 0 saturated carbocycles. The zero-order chi connectivity index (χ0) is 20.1. The largest absolute Gasteiger partial charge is 0.325 e. The fraction of sp³-hybridized carbons (Fsp3) is 0.300. The maximum Gasteiger partial charge on any atom is 0.325 e. The number of hydrogen-bond acceptors (Lipinski definition) is 4. The third-order valence-electron chi connectivity index (χ3n) is 5.32. The fourth-order valence-electron chi connectivity index (χ4n) is 3.93. The molecule has 6 nitrogen and oxygen atoms in total. The summed E-state index contributed by atoms with van der Waals surface area (Å²) in [5.41, 5.74) is 2.78. The van der Waals surface area contributed by atoms with Crippen molar-refractivity contribution in [2.75, 3.05) is 16.4 Å². The van der Waals surface area contributed by atoms with Gasteiger partial charge in [0.2, 0.25) is 0 Å². The molecule has 0 bridgehead atoms. The second-order valence-electron chi connectivity index (χ2n) is 7.24. The summed E-state index contributed by atoms with van der Waals surface area (Å²) < 4.78 is 24.6. The predicted octanol–water partition coefficient (Wildman–Crippen LogP) is 3.13. The van der Waals surface area contributed by atoms with Crippen molar-refractivity contribution in [2.24, 2.45) is 0 Å². The zero-order valence-electron chi connectivity index (χ0n) is 15.2. The van der Waals surface area contributed by atoms with Crippen LogP contribution in [0.3, 0.4) is 0 Å². The van der Waals surface area contributed by atoms with Crippen LogP contribution in [0.25, 0.3) is 0 Å². The second-order valence-corrected chi connectivity index (χ2v) is 9.80. The number of hydrogen-bond donors (Lipinski definition) is 0. The highest BCUT2D eigenvalue weighted by molar-refractivity contribution is 7.91. The lowest BCUT2D eigenvalue weighted by Gasteiger charge is -2.23. The minimum absolute atomic E-state index is 0.0581. The van der Waals surface area contributed by atoms with E-state index in [1.807, 2.05) is 19.1 Å². The van der Waals surface area contributed by atoms with Crippen molar-refractivity contribution in [1.29, 1.82) is 5.26 Å². The molecule has 2 heterocycles. The number of rotatable bonds is 3. The number of benzene rings is 2. The number of sulfone groups is 1. The first kappa shape index (κ1) is 18.8. The molecule has 2 amide bonds. The van der Waals surface area contributed by atoms with Crippen molar-refractivity contribution < 1.29 is 13.2 Å². The van der Waals surface area contributed by atoms with Crippen molar-refractivity contribution in [1.82, 2.24) is 4.90 Å². The first-order valence-corrected chi connectivity index (χ1v) is 11.0. The Kier molecular flexibility index (Phi) is 4.56. The molecule has 8 heteroatoms. The van der Waals surface area contributed by atoms with Crippen LogP contribution in [0.2, 0.25) is 5.02 Å². The fourth-order valence-corrected chi connectivity index (χ4v) is 6.06. The molecule has 0 aliphatic carbocycles. The summed E-state index contributed by atoms with van der Waals surface area (Å²) >= 11 is 6.24. The van der Waals surface area contributed by atoms with Gasteiger partial charge in [-0.2, -0.15) is 5.26 Å². The number of urea groups is 1. The highest BCUT2D eigenvalue weighted by Crippen LogP contribution is 2.37. The van der Waals surface area contributed by atoms with E-state index in [2.05, 4.69) is 6.07 Å². The van der Waals surface area contributed by atoms with Crippen LogP contribution < -0.4 is 4.90 Å². The molecule has 2 aromatic carbocycles. The smallest absolute Gasteiger partial charge is 0.314 e. The molecule has 0 radical (unpaired) electrons. The van der Waals surface area contributed by atoms with Crippen molar-refractivity contribution in [3.63, 3.8) is 0 Å². The van der Waals surface area contributed by atoms with Gasteiger partial charge in [-0.05, 0) is 42.3 Å². The molecule has 0 spiro atoms. The molecule has 2 fully saturated rings. The number of nitrogens with zero attached hydrogens (tertiary/aromatic N) is 3. The molecule has 28 heavy (non-hydrogen) atoms. The van der Waals surface area contributed by atoms with E-state index in [-0.39, 0.29) is 24.1 Å². The number of nitriles is 1. The van der Waals surface area contributed by atoms with Crippen LogP contribution in [-0.4, -0.2) is 42.9 Å². The van der Waals surface area contributed by atoms with Gasteiger partial charge < -0.3 is 4.90 Å². The Labute approximate surface area is 168 Å². The third kappa shape index (κ3) is 3.23. The Morgan fingerprint density at radius 2 is 1.93 bits per heavy atom. The number of anilines is 1. The molecule has 2 aliphatic rings. The van der Waals surface area contributed by atoms with Gasteiger partial charge >= 0.3 is 6.03 Å². The van der Waals surface area contributed by atoms with Crippen LogP contribution in [-0.2, 0) is 16.4 Å². The van der Waals surface area contributed by atoms with Crippen molar-refractivity contribution in [3.05, 3.63) is 64.2 Å². The van der Waals surface area contributed by atoms with E-state index in [4.69, 9.17) is 16.9 Å². The maximum atomic E-state index is 13.2. The van der Waals surface area contributed by atoms with Gasteiger partial charge in [-0.25, -0.2) is 13.2 Å². The van der Waals surface area contributed by atoms with Gasteiger partial charge in [-0.3, -0.25) is 4.90 Å². The Morgan fingerprint density at radius 1 is 1.18 bits per heavy atom. The van der Waals surface area contributed by atoms with E-state index < -0.39 is 21.9 Å². The second kappa shape index (κ2) is 6.80. The zero-order valence-corrected chi connectivity index (χ0v) is 16.7. The SMILES string of the molecule is Cc1ccc(N2C(=O)N(Cc3cccc(C#N)c3)[C@H]3CS(=O)(=O)C[C@H]32)cc1Cl. The molecule has 2 atom stereocenters. The molecular weight excluding hydrogens is 398 g/mol. The van der Waals surface area contributed by atoms with E-state index in [1.54, 1.807) is 40.1 Å². The van der Waals surface area contributed by atoms with E-state index in [0.29, 0.717) is 16.3 Å². The van der Waals surface area contributed by atoms with Crippen LogP contribution in [0, 0.1) is 18.3 Å². The molecule has 2 saturated heterocycles. The van der Waals surface area contributed by atoms with Crippen LogP contribution in [0.15, 0.2) is 42.5 Å². The number of carbonyl (C=O) groups is 1. The summed E-state index contributed by atoms with van der Waals surface area (Å²) in [5.74, 6) is -0.124. The van der Waals surface area contributed by atoms with Gasteiger partial charge in [0.25, 0.3) is 0 Å². The number of aryl methyl sites for hydroxylation is 1. The average molecular weight is 416 g/mol.